The summed E-state index contributed by atoms with van der Waals surface area (Å²) in [6.07, 6.45) is 7.54. The van der Waals surface area contributed by atoms with Crippen LogP contribution in [0.4, 0.5) is 0 Å². The number of nitrogens with one attached hydrogen (secondary N) is 2. The third-order valence-electron chi connectivity index (χ3n) is 4.22. The molecule has 20 heavy (non-hydrogen) atoms. The summed E-state index contributed by atoms with van der Waals surface area (Å²) in [6, 6.07) is 0. The number of H-pyrrole nitrogens is 1. The van der Waals surface area contributed by atoms with Gasteiger partial charge in [-0.3, -0.25) is 5.10 Å². The Labute approximate surface area is 120 Å². The summed E-state index contributed by atoms with van der Waals surface area (Å²) < 4.78 is 28.5. The van der Waals surface area contributed by atoms with Crippen LogP contribution in [0.1, 0.15) is 49.1 Å². The van der Waals surface area contributed by atoms with Crippen molar-refractivity contribution >= 4 is 10.2 Å². The fourth-order valence-electron chi connectivity index (χ4n) is 3.05. The summed E-state index contributed by atoms with van der Waals surface area (Å²) in [5.74, 6) is 0. The molecule has 2 heterocycles. The first kappa shape index (κ1) is 14.0. The molecule has 0 atom stereocenters. The molecule has 1 aromatic rings. The minimum Gasteiger partial charge on any atom is -0.282 e. The zero-order valence-corrected chi connectivity index (χ0v) is 12.5. The average molecular weight is 298 g/mol. The lowest BCUT2D eigenvalue weighted by atomic mass is 10.1. The maximum Gasteiger partial charge on any atom is 0.279 e. The Morgan fingerprint density at radius 1 is 1.10 bits per heavy atom. The molecule has 0 radical (unpaired) electrons. The molecule has 1 saturated heterocycles. The van der Waals surface area contributed by atoms with Gasteiger partial charge in [0.1, 0.15) is 0 Å². The van der Waals surface area contributed by atoms with Crippen molar-refractivity contribution in [3.63, 3.8) is 0 Å². The minimum atomic E-state index is -3.34. The summed E-state index contributed by atoms with van der Waals surface area (Å²) in [6.45, 7) is 1.56. The third-order valence-corrected chi connectivity index (χ3v) is 5.77. The Morgan fingerprint density at radius 3 is 2.65 bits per heavy atom. The summed E-state index contributed by atoms with van der Waals surface area (Å²) in [4.78, 5) is 0. The van der Waals surface area contributed by atoms with Gasteiger partial charge in [0.05, 0.1) is 12.2 Å². The first-order valence-electron chi connectivity index (χ1n) is 7.46. The van der Waals surface area contributed by atoms with E-state index < -0.39 is 10.2 Å². The molecule has 3 rings (SSSR count). The molecule has 2 aliphatic rings. The van der Waals surface area contributed by atoms with Crippen LogP contribution in [-0.2, 0) is 29.6 Å². The van der Waals surface area contributed by atoms with Gasteiger partial charge in [0.15, 0.2) is 0 Å². The topological polar surface area (TPSA) is 78.1 Å². The SMILES string of the molecule is O=S(=O)(NCc1n[nH]c2c1CCCCC2)N1CCCC1. The van der Waals surface area contributed by atoms with Crippen LogP contribution in [0.5, 0.6) is 0 Å². The highest BCUT2D eigenvalue weighted by Gasteiger charge is 2.25. The van der Waals surface area contributed by atoms with Crippen LogP contribution in [0, 0.1) is 0 Å². The van der Waals surface area contributed by atoms with Crippen LogP contribution in [-0.4, -0.2) is 36.0 Å². The standard InChI is InChI=1S/C13H22N4O2S/c18-20(19,17-8-4-5-9-17)14-10-13-11-6-2-1-3-7-12(11)15-16-13/h14H,1-10H2,(H,15,16). The molecule has 0 amide bonds. The van der Waals surface area contributed by atoms with Crippen molar-refractivity contribution in [2.24, 2.45) is 0 Å². The largest absolute Gasteiger partial charge is 0.282 e. The smallest absolute Gasteiger partial charge is 0.279 e. The molecule has 2 N–H and O–H groups in total. The number of rotatable bonds is 4. The molecule has 7 heteroatoms. The van der Waals surface area contributed by atoms with E-state index in [-0.39, 0.29) is 0 Å². The van der Waals surface area contributed by atoms with E-state index in [0.29, 0.717) is 19.6 Å². The Kier molecular flexibility index (Phi) is 4.09. The lowest BCUT2D eigenvalue weighted by Gasteiger charge is -2.15. The minimum absolute atomic E-state index is 0.296. The summed E-state index contributed by atoms with van der Waals surface area (Å²) in [7, 11) is -3.34. The van der Waals surface area contributed by atoms with E-state index in [2.05, 4.69) is 14.9 Å². The maximum absolute atomic E-state index is 12.1. The Hall–Kier alpha value is -0.920. The number of hydrogen-bond acceptors (Lipinski definition) is 3. The van der Waals surface area contributed by atoms with Crippen molar-refractivity contribution in [2.45, 2.75) is 51.5 Å². The Balaban J connectivity index is 1.68. The number of hydrogen-bond donors (Lipinski definition) is 2. The van der Waals surface area contributed by atoms with Crippen molar-refractivity contribution in [1.82, 2.24) is 19.2 Å². The second-order valence-electron chi connectivity index (χ2n) is 5.62. The van der Waals surface area contributed by atoms with Gasteiger partial charge in [0.2, 0.25) is 0 Å². The first-order chi connectivity index (χ1) is 9.67. The van der Waals surface area contributed by atoms with E-state index in [4.69, 9.17) is 0 Å². The van der Waals surface area contributed by atoms with Gasteiger partial charge in [0.25, 0.3) is 10.2 Å². The van der Waals surface area contributed by atoms with E-state index in [9.17, 15) is 8.42 Å². The van der Waals surface area contributed by atoms with Crippen LogP contribution in [0.15, 0.2) is 0 Å². The van der Waals surface area contributed by atoms with Gasteiger partial charge in [-0.2, -0.15) is 22.5 Å². The zero-order valence-electron chi connectivity index (χ0n) is 11.7. The monoisotopic (exact) mass is 298 g/mol. The van der Waals surface area contributed by atoms with Crippen molar-refractivity contribution in [1.29, 1.82) is 0 Å². The number of aryl methyl sites for hydroxylation is 1. The van der Waals surface area contributed by atoms with Gasteiger partial charge in [0, 0.05) is 18.8 Å². The highest BCUT2D eigenvalue weighted by Crippen LogP contribution is 2.22. The van der Waals surface area contributed by atoms with Crippen LogP contribution in [0.2, 0.25) is 0 Å². The molecular weight excluding hydrogens is 276 g/mol. The van der Waals surface area contributed by atoms with Gasteiger partial charge < -0.3 is 0 Å². The van der Waals surface area contributed by atoms with Crippen LogP contribution in [0.3, 0.4) is 0 Å². The lowest BCUT2D eigenvalue weighted by Crippen LogP contribution is -2.38. The molecule has 1 fully saturated rings. The van der Waals surface area contributed by atoms with Crippen LogP contribution >= 0.6 is 0 Å². The average Bonchev–Trinajstić information content (AvgIpc) is 3.03. The third kappa shape index (κ3) is 2.89. The molecular formula is C13H22N4O2S. The molecule has 0 bridgehead atoms. The van der Waals surface area contributed by atoms with Crippen molar-refractivity contribution in [3.05, 3.63) is 17.0 Å². The summed E-state index contributed by atoms with van der Waals surface area (Å²) in [5, 5.41) is 7.37. The number of fused-ring (bicyclic) bond motifs is 1. The van der Waals surface area contributed by atoms with E-state index in [1.165, 1.54) is 34.8 Å². The van der Waals surface area contributed by atoms with E-state index >= 15 is 0 Å². The molecule has 1 aliphatic carbocycles. The van der Waals surface area contributed by atoms with Gasteiger partial charge in [-0.25, -0.2) is 0 Å². The van der Waals surface area contributed by atoms with E-state index in [0.717, 1.165) is 31.4 Å². The molecule has 0 aromatic carbocycles. The molecule has 1 aromatic heterocycles. The second kappa shape index (κ2) is 5.83. The lowest BCUT2D eigenvalue weighted by molar-refractivity contribution is 0.464. The fourth-order valence-corrected chi connectivity index (χ4v) is 4.29. The Bertz CT molecular complexity index is 561. The predicted octanol–water partition coefficient (Wildman–Crippen LogP) is 1.11. The van der Waals surface area contributed by atoms with Gasteiger partial charge in [-0.05, 0) is 44.1 Å². The van der Waals surface area contributed by atoms with Gasteiger partial charge in [-0.1, -0.05) is 6.42 Å². The fraction of sp³-hybridized carbons (Fsp3) is 0.769. The van der Waals surface area contributed by atoms with Gasteiger partial charge in [-0.15, -0.1) is 0 Å². The zero-order chi connectivity index (χ0) is 14.0. The van der Waals surface area contributed by atoms with Gasteiger partial charge >= 0.3 is 0 Å². The maximum atomic E-state index is 12.1. The highest BCUT2D eigenvalue weighted by atomic mass is 32.2. The number of nitrogens with zero attached hydrogens (tertiary/aromatic N) is 2. The summed E-state index contributed by atoms with van der Waals surface area (Å²) in [5.41, 5.74) is 3.29. The number of aromatic nitrogens is 2. The second-order valence-corrected chi connectivity index (χ2v) is 7.38. The molecule has 0 saturated carbocycles. The van der Waals surface area contributed by atoms with Crippen LogP contribution < -0.4 is 4.72 Å². The Morgan fingerprint density at radius 2 is 1.85 bits per heavy atom. The quantitative estimate of drug-likeness (QED) is 0.817. The molecule has 0 spiro atoms. The highest BCUT2D eigenvalue weighted by molar-refractivity contribution is 7.87. The first-order valence-corrected chi connectivity index (χ1v) is 8.90. The molecule has 1 aliphatic heterocycles. The van der Waals surface area contributed by atoms with E-state index in [1.54, 1.807) is 0 Å². The predicted molar refractivity (Wildman–Crippen MR) is 76.4 cm³/mol. The molecule has 112 valence electrons. The normalized spacial score (nSPS) is 20.8. The van der Waals surface area contributed by atoms with Crippen molar-refractivity contribution in [3.8, 4) is 0 Å². The van der Waals surface area contributed by atoms with Crippen molar-refractivity contribution < 1.29 is 8.42 Å². The molecule has 0 unspecified atom stereocenters. The van der Waals surface area contributed by atoms with Crippen LogP contribution in [0.25, 0.3) is 0 Å². The summed E-state index contributed by atoms with van der Waals surface area (Å²) >= 11 is 0. The number of aromatic amines is 1. The van der Waals surface area contributed by atoms with E-state index in [1.807, 2.05) is 0 Å². The molecule has 6 nitrogen and oxygen atoms in total. The van der Waals surface area contributed by atoms with Crippen molar-refractivity contribution in [2.75, 3.05) is 13.1 Å².